The molecule has 148 valence electrons. The van der Waals surface area contributed by atoms with Crippen LogP contribution in [0.25, 0.3) is 0 Å². The second-order valence-electron chi connectivity index (χ2n) is 7.26. The number of hydrogen-bond donors (Lipinski definition) is 1. The van der Waals surface area contributed by atoms with Crippen LogP contribution in [-0.2, 0) is 6.54 Å². The van der Waals surface area contributed by atoms with Crippen LogP contribution in [0.3, 0.4) is 0 Å². The van der Waals surface area contributed by atoms with E-state index in [-0.39, 0.29) is 5.91 Å². The number of carbonyl (C=O) groups excluding carboxylic acids is 1. The van der Waals surface area contributed by atoms with E-state index in [1.54, 1.807) is 6.07 Å². The fourth-order valence-electron chi connectivity index (χ4n) is 3.50. The van der Waals surface area contributed by atoms with E-state index < -0.39 is 0 Å². The molecule has 0 saturated carbocycles. The number of para-hydroxylation sites is 1. The van der Waals surface area contributed by atoms with Gasteiger partial charge < -0.3 is 10.2 Å². The summed E-state index contributed by atoms with van der Waals surface area (Å²) in [6.45, 7) is 5.93. The summed E-state index contributed by atoms with van der Waals surface area (Å²) in [4.78, 5) is 26.2. The van der Waals surface area contributed by atoms with E-state index in [0.29, 0.717) is 24.7 Å². The van der Waals surface area contributed by atoms with Crippen LogP contribution in [0.15, 0.2) is 66.7 Å². The summed E-state index contributed by atoms with van der Waals surface area (Å²) in [6.07, 6.45) is 0. The zero-order chi connectivity index (χ0) is 20.1. The largest absolute Gasteiger partial charge is 0.335 e. The Morgan fingerprint density at radius 1 is 0.931 bits per heavy atom. The first-order chi connectivity index (χ1) is 14.2. The van der Waals surface area contributed by atoms with Gasteiger partial charge in [0.15, 0.2) is 0 Å². The number of anilines is 2. The van der Waals surface area contributed by atoms with Crippen molar-refractivity contribution in [2.24, 2.45) is 0 Å². The van der Waals surface area contributed by atoms with Crippen molar-refractivity contribution in [2.75, 3.05) is 31.5 Å². The molecule has 6 heteroatoms. The van der Waals surface area contributed by atoms with Crippen LogP contribution < -0.4 is 5.32 Å². The van der Waals surface area contributed by atoms with Crippen LogP contribution in [0.2, 0.25) is 0 Å². The van der Waals surface area contributed by atoms with Gasteiger partial charge in [0, 0.05) is 44.1 Å². The Bertz CT molecular complexity index is 954. The SMILES string of the molecule is Cc1cc(C(=O)N2CCN(Cc3ccccc3)CC2)nc(Nc2ccccc2)n1. The standard InChI is InChI=1S/C23H25N5O/c1-18-16-21(26-23(24-18)25-20-10-6-3-7-11-20)22(29)28-14-12-27(13-15-28)17-19-8-4-2-5-9-19/h2-11,16H,12-15,17H2,1H3,(H,24,25,26). The predicted molar refractivity (Wildman–Crippen MR) is 114 cm³/mol. The number of nitrogens with zero attached hydrogens (tertiary/aromatic N) is 4. The molecular weight excluding hydrogens is 362 g/mol. The third-order valence-electron chi connectivity index (χ3n) is 5.01. The van der Waals surface area contributed by atoms with Crippen molar-refractivity contribution in [1.29, 1.82) is 0 Å². The summed E-state index contributed by atoms with van der Waals surface area (Å²) in [5, 5.41) is 3.18. The maximum Gasteiger partial charge on any atom is 0.272 e. The van der Waals surface area contributed by atoms with E-state index in [0.717, 1.165) is 31.0 Å². The first kappa shape index (κ1) is 19.1. The van der Waals surface area contributed by atoms with Gasteiger partial charge in [0.1, 0.15) is 5.69 Å². The smallest absolute Gasteiger partial charge is 0.272 e. The molecule has 29 heavy (non-hydrogen) atoms. The molecule has 1 aliphatic heterocycles. The second-order valence-corrected chi connectivity index (χ2v) is 7.26. The van der Waals surface area contributed by atoms with Crippen molar-refractivity contribution < 1.29 is 4.79 Å². The summed E-state index contributed by atoms with van der Waals surface area (Å²) >= 11 is 0. The van der Waals surface area contributed by atoms with Gasteiger partial charge in [-0.25, -0.2) is 9.97 Å². The van der Waals surface area contributed by atoms with E-state index in [1.165, 1.54) is 5.56 Å². The van der Waals surface area contributed by atoms with Crippen molar-refractivity contribution in [2.45, 2.75) is 13.5 Å². The highest BCUT2D eigenvalue weighted by atomic mass is 16.2. The van der Waals surface area contributed by atoms with Crippen LogP contribution in [0.4, 0.5) is 11.6 Å². The number of rotatable bonds is 5. The van der Waals surface area contributed by atoms with Crippen LogP contribution in [0, 0.1) is 6.92 Å². The summed E-state index contributed by atoms with van der Waals surface area (Å²) in [5.74, 6) is 0.410. The minimum absolute atomic E-state index is 0.0361. The minimum atomic E-state index is -0.0361. The Kier molecular flexibility index (Phi) is 5.81. The van der Waals surface area contributed by atoms with E-state index in [2.05, 4.69) is 44.5 Å². The average Bonchev–Trinajstić information content (AvgIpc) is 2.75. The summed E-state index contributed by atoms with van der Waals surface area (Å²) in [7, 11) is 0. The van der Waals surface area contributed by atoms with Gasteiger partial charge in [-0.15, -0.1) is 0 Å². The number of hydrogen-bond acceptors (Lipinski definition) is 5. The number of carbonyl (C=O) groups is 1. The molecule has 1 N–H and O–H groups in total. The van der Waals surface area contributed by atoms with E-state index >= 15 is 0 Å². The molecular formula is C23H25N5O. The number of aromatic nitrogens is 2. The van der Waals surface area contributed by atoms with Gasteiger partial charge in [0.2, 0.25) is 5.95 Å². The highest BCUT2D eigenvalue weighted by molar-refractivity contribution is 5.92. The van der Waals surface area contributed by atoms with Gasteiger partial charge in [-0.2, -0.15) is 0 Å². The Labute approximate surface area is 171 Å². The maximum atomic E-state index is 13.0. The molecule has 3 aromatic rings. The lowest BCUT2D eigenvalue weighted by molar-refractivity contribution is 0.0622. The van der Waals surface area contributed by atoms with E-state index in [1.807, 2.05) is 48.2 Å². The van der Waals surface area contributed by atoms with Crippen molar-refractivity contribution in [3.8, 4) is 0 Å². The van der Waals surface area contributed by atoms with Gasteiger partial charge in [-0.05, 0) is 30.7 Å². The molecule has 0 bridgehead atoms. The monoisotopic (exact) mass is 387 g/mol. The lowest BCUT2D eigenvalue weighted by atomic mass is 10.2. The Morgan fingerprint density at radius 2 is 1.59 bits per heavy atom. The molecule has 0 radical (unpaired) electrons. The fraction of sp³-hybridized carbons (Fsp3) is 0.261. The third kappa shape index (κ3) is 4.97. The summed E-state index contributed by atoms with van der Waals surface area (Å²) in [6, 6.07) is 21.9. The first-order valence-electron chi connectivity index (χ1n) is 9.91. The molecule has 1 saturated heterocycles. The molecule has 0 spiro atoms. The van der Waals surface area contributed by atoms with Crippen LogP contribution in [0.5, 0.6) is 0 Å². The van der Waals surface area contributed by atoms with Gasteiger partial charge in [0.25, 0.3) is 5.91 Å². The second kappa shape index (κ2) is 8.84. The van der Waals surface area contributed by atoms with Crippen LogP contribution in [0.1, 0.15) is 21.7 Å². The van der Waals surface area contributed by atoms with Gasteiger partial charge in [-0.1, -0.05) is 48.5 Å². The van der Waals surface area contributed by atoms with Crippen LogP contribution in [-0.4, -0.2) is 51.9 Å². The van der Waals surface area contributed by atoms with Gasteiger partial charge in [0.05, 0.1) is 0 Å². The number of nitrogens with one attached hydrogen (secondary N) is 1. The quantitative estimate of drug-likeness (QED) is 0.726. The molecule has 1 aliphatic rings. The average molecular weight is 387 g/mol. The predicted octanol–water partition coefficient (Wildman–Crippen LogP) is 3.49. The Hall–Kier alpha value is -3.25. The first-order valence-corrected chi connectivity index (χ1v) is 9.91. The number of benzene rings is 2. The number of amides is 1. The highest BCUT2D eigenvalue weighted by Gasteiger charge is 2.23. The zero-order valence-corrected chi connectivity index (χ0v) is 16.6. The van der Waals surface area contributed by atoms with Gasteiger partial charge in [-0.3, -0.25) is 9.69 Å². The molecule has 4 rings (SSSR count). The molecule has 0 aliphatic carbocycles. The van der Waals surface area contributed by atoms with E-state index in [9.17, 15) is 4.79 Å². The topological polar surface area (TPSA) is 61.4 Å². The molecule has 1 fully saturated rings. The maximum absolute atomic E-state index is 13.0. The third-order valence-corrected chi connectivity index (χ3v) is 5.01. The molecule has 1 amide bonds. The minimum Gasteiger partial charge on any atom is -0.335 e. The normalized spacial score (nSPS) is 14.6. The molecule has 2 aromatic carbocycles. The van der Waals surface area contributed by atoms with Gasteiger partial charge >= 0.3 is 0 Å². The fourth-order valence-corrected chi connectivity index (χ4v) is 3.50. The highest BCUT2D eigenvalue weighted by Crippen LogP contribution is 2.15. The molecule has 1 aromatic heterocycles. The lowest BCUT2D eigenvalue weighted by Crippen LogP contribution is -2.48. The Morgan fingerprint density at radius 3 is 2.28 bits per heavy atom. The Balaban J connectivity index is 1.39. The molecule has 6 nitrogen and oxygen atoms in total. The number of aryl methyl sites for hydroxylation is 1. The van der Waals surface area contributed by atoms with Crippen molar-refractivity contribution in [3.05, 3.63) is 83.7 Å². The van der Waals surface area contributed by atoms with Crippen molar-refractivity contribution >= 4 is 17.5 Å². The van der Waals surface area contributed by atoms with E-state index in [4.69, 9.17) is 0 Å². The van der Waals surface area contributed by atoms with Crippen molar-refractivity contribution in [1.82, 2.24) is 19.8 Å². The summed E-state index contributed by atoms with van der Waals surface area (Å²) in [5.41, 5.74) is 3.40. The number of piperazine rings is 1. The van der Waals surface area contributed by atoms with Crippen molar-refractivity contribution in [3.63, 3.8) is 0 Å². The molecule has 0 unspecified atom stereocenters. The van der Waals surface area contributed by atoms with Crippen LogP contribution >= 0.6 is 0 Å². The zero-order valence-electron chi connectivity index (χ0n) is 16.6. The molecule has 2 heterocycles. The molecule has 0 atom stereocenters. The lowest BCUT2D eigenvalue weighted by Gasteiger charge is -2.34. The summed E-state index contributed by atoms with van der Waals surface area (Å²) < 4.78 is 0.